The lowest BCUT2D eigenvalue weighted by atomic mass is 10.1. The van der Waals surface area contributed by atoms with E-state index in [-0.39, 0.29) is 16.9 Å². The first kappa shape index (κ1) is 20.9. The highest BCUT2D eigenvalue weighted by atomic mass is 32.2. The summed E-state index contributed by atoms with van der Waals surface area (Å²) in [5.74, 6) is -0.962. The molecule has 0 amide bonds. The molecule has 0 saturated carbocycles. The largest absolute Gasteiger partial charge is 0.481 e. The molecule has 0 unspecified atom stereocenters. The number of carbonyl (C=O) groups is 2. The monoisotopic (exact) mass is 402 g/mol. The maximum atomic E-state index is 12.4. The molecule has 0 heterocycles. The summed E-state index contributed by atoms with van der Waals surface area (Å²) in [6, 6.07) is 14.1. The Labute approximate surface area is 162 Å². The van der Waals surface area contributed by atoms with Gasteiger partial charge in [0.2, 0.25) is 15.8 Å². The van der Waals surface area contributed by atoms with E-state index in [1.165, 1.54) is 31.2 Å². The number of carbonyl (C=O) groups excluding carboxylic acids is 2. The van der Waals surface area contributed by atoms with Gasteiger partial charge in [-0.2, -0.15) is 5.26 Å². The summed E-state index contributed by atoms with van der Waals surface area (Å²) in [6.07, 6.45) is -0.0407. The number of benzene rings is 2. The predicted molar refractivity (Wildman–Crippen MR) is 101 cm³/mol. The first-order valence-electron chi connectivity index (χ1n) is 8.13. The molecule has 0 bridgehead atoms. The molecular formula is C19H18N2O6S. The number of anilines is 1. The lowest BCUT2D eigenvalue weighted by Crippen LogP contribution is -2.27. The van der Waals surface area contributed by atoms with Crippen LogP contribution in [0, 0.1) is 11.3 Å². The molecule has 0 aliphatic carbocycles. The van der Waals surface area contributed by atoms with E-state index in [9.17, 15) is 18.0 Å². The Balaban J connectivity index is 1.92. The fourth-order valence-corrected chi connectivity index (χ4v) is 2.82. The predicted octanol–water partition coefficient (Wildman–Crippen LogP) is 2.12. The van der Waals surface area contributed by atoms with Crippen LogP contribution in [0.3, 0.4) is 0 Å². The van der Waals surface area contributed by atoms with Crippen LogP contribution in [-0.2, 0) is 19.6 Å². The van der Waals surface area contributed by atoms with Crippen LogP contribution in [0.1, 0.15) is 22.8 Å². The Kier molecular flexibility index (Phi) is 6.74. The summed E-state index contributed by atoms with van der Waals surface area (Å²) >= 11 is 0. The van der Waals surface area contributed by atoms with Gasteiger partial charge in [-0.25, -0.2) is 13.2 Å². The zero-order valence-corrected chi connectivity index (χ0v) is 16.0. The molecule has 28 heavy (non-hydrogen) atoms. The topological polar surface area (TPSA) is 123 Å². The van der Waals surface area contributed by atoms with Gasteiger partial charge in [0.1, 0.15) is 11.8 Å². The summed E-state index contributed by atoms with van der Waals surface area (Å²) in [7, 11) is -3.42. The van der Waals surface area contributed by atoms with E-state index in [4.69, 9.17) is 14.7 Å². The van der Waals surface area contributed by atoms with Gasteiger partial charge in [-0.15, -0.1) is 0 Å². The molecule has 146 valence electrons. The minimum atomic E-state index is -3.42. The highest BCUT2D eigenvalue weighted by molar-refractivity contribution is 7.92. The number of sulfonamides is 1. The van der Waals surface area contributed by atoms with Gasteiger partial charge in [0, 0.05) is 11.3 Å². The first-order chi connectivity index (χ1) is 13.2. The van der Waals surface area contributed by atoms with Crippen LogP contribution < -0.4 is 9.46 Å². The fourth-order valence-electron chi connectivity index (χ4n) is 2.26. The van der Waals surface area contributed by atoms with E-state index >= 15 is 0 Å². The Hall–Kier alpha value is -3.38. The van der Waals surface area contributed by atoms with Gasteiger partial charge in [0.05, 0.1) is 11.8 Å². The van der Waals surface area contributed by atoms with Crippen molar-refractivity contribution in [2.45, 2.75) is 13.0 Å². The van der Waals surface area contributed by atoms with Gasteiger partial charge in [-0.05, 0) is 43.3 Å². The Morgan fingerprint density at radius 1 is 1.14 bits per heavy atom. The van der Waals surface area contributed by atoms with E-state index < -0.39 is 34.5 Å². The third-order valence-electron chi connectivity index (χ3n) is 3.50. The highest BCUT2D eigenvalue weighted by Crippen LogP contribution is 2.17. The zero-order chi connectivity index (χ0) is 20.7. The molecule has 0 spiro atoms. The van der Waals surface area contributed by atoms with E-state index in [0.29, 0.717) is 5.69 Å². The second-order valence-corrected chi connectivity index (χ2v) is 7.59. The number of nitriles is 1. The Morgan fingerprint density at radius 3 is 2.39 bits per heavy atom. The summed E-state index contributed by atoms with van der Waals surface area (Å²) in [6.45, 7) is 0.972. The van der Waals surface area contributed by atoms with Crippen molar-refractivity contribution in [3.05, 3.63) is 59.7 Å². The van der Waals surface area contributed by atoms with E-state index in [2.05, 4.69) is 4.72 Å². The number of hydrogen-bond donors (Lipinski definition) is 1. The number of Topliss-reactive ketones (excluding diaryl/α,β-unsaturated/α-hetero) is 1. The van der Waals surface area contributed by atoms with Crippen molar-refractivity contribution in [1.29, 1.82) is 5.26 Å². The van der Waals surface area contributed by atoms with Crippen LogP contribution in [0.15, 0.2) is 48.5 Å². The van der Waals surface area contributed by atoms with Crippen LogP contribution in [0.4, 0.5) is 5.69 Å². The SMILES string of the molecule is C[C@@H](OC(=O)COc1ccccc1C#N)C(=O)c1ccc(NS(C)(=O)=O)cc1. The summed E-state index contributed by atoms with van der Waals surface area (Å²) in [5.41, 5.74) is 0.852. The first-order valence-corrected chi connectivity index (χ1v) is 10.0. The van der Waals surface area contributed by atoms with Crippen LogP contribution in [-0.4, -0.2) is 39.1 Å². The number of ether oxygens (including phenoxy) is 2. The molecule has 8 nitrogen and oxygen atoms in total. The van der Waals surface area contributed by atoms with Crippen molar-refractivity contribution in [1.82, 2.24) is 0 Å². The molecule has 9 heteroatoms. The van der Waals surface area contributed by atoms with E-state index in [1.807, 2.05) is 6.07 Å². The molecular weight excluding hydrogens is 384 g/mol. The molecule has 0 saturated heterocycles. The second kappa shape index (κ2) is 9.01. The highest BCUT2D eigenvalue weighted by Gasteiger charge is 2.20. The van der Waals surface area contributed by atoms with Crippen LogP contribution >= 0.6 is 0 Å². The van der Waals surface area contributed by atoms with Crippen molar-refractivity contribution >= 4 is 27.5 Å². The fraction of sp³-hybridized carbons (Fsp3) is 0.211. The molecule has 0 fully saturated rings. The molecule has 0 radical (unpaired) electrons. The van der Waals surface area contributed by atoms with Crippen molar-refractivity contribution in [3.8, 4) is 11.8 Å². The Bertz CT molecular complexity index is 1010. The number of ketones is 1. The van der Waals surface area contributed by atoms with E-state index in [0.717, 1.165) is 6.26 Å². The van der Waals surface area contributed by atoms with Gasteiger partial charge in [-0.1, -0.05) is 12.1 Å². The van der Waals surface area contributed by atoms with Gasteiger partial charge >= 0.3 is 5.97 Å². The van der Waals surface area contributed by atoms with E-state index in [1.54, 1.807) is 24.3 Å². The number of rotatable bonds is 8. The third kappa shape index (κ3) is 6.10. The number of nitrogens with zero attached hydrogens (tertiary/aromatic N) is 1. The third-order valence-corrected chi connectivity index (χ3v) is 4.11. The number of nitrogens with one attached hydrogen (secondary N) is 1. The van der Waals surface area contributed by atoms with Crippen molar-refractivity contribution < 1.29 is 27.5 Å². The number of hydrogen-bond acceptors (Lipinski definition) is 7. The minimum Gasteiger partial charge on any atom is -0.481 e. The maximum absolute atomic E-state index is 12.4. The number of esters is 1. The smallest absolute Gasteiger partial charge is 0.344 e. The molecule has 2 rings (SSSR count). The average Bonchev–Trinajstić information content (AvgIpc) is 2.65. The summed E-state index contributed by atoms with van der Waals surface area (Å²) < 4.78 is 35.0. The zero-order valence-electron chi connectivity index (χ0n) is 15.2. The van der Waals surface area contributed by atoms with Crippen LogP contribution in [0.25, 0.3) is 0 Å². The molecule has 2 aromatic rings. The van der Waals surface area contributed by atoms with Crippen molar-refractivity contribution in [2.24, 2.45) is 0 Å². The molecule has 2 aromatic carbocycles. The normalized spacial score (nSPS) is 11.8. The number of para-hydroxylation sites is 1. The van der Waals surface area contributed by atoms with Crippen LogP contribution in [0.2, 0.25) is 0 Å². The van der Waals surface area contributed by atoms with Gasteiger partial charge in [0.15, 0.2) is 12.7 Å². The maximum Gasteiger partial charge on any atom is 0.344 e. The van der Waals surface area contributed by atoms with Crippen molar-refractivity contribution in [3.63, 3.8) is 0 Å². The molecule has 1 N–H and O–H groups in total. The molecule has 0 aliphatic heterocycles. The lowest BCUT2D eigenvalue weighted by Gasteiger charge is -2.13. The second-order valence-electron chi connectivity index (χ2n) is 5.84. The standard InChI is InChI=1S/C19H18N2O6S/c1-13(19(23)14-7-9-16(10-8-14)21-28(2,24)25)27-18(22)12-26-17-6-4-3-5-15(17)11-20/h3-10,13,21H,12H2,1-2H3/t13-/m1/s1. The Morgan fingerprint density at radius 2 is 1.79 bits per heavy atom. The molecule has 1 atom stereocenters. The minimum absolute atomic E-state index is 0.245. The molecule has 0 aromatic heterocycles. The lowest BCUT2D eigenvalue weighted by molar-refractivity contribution is -0.148. The quantitative estimate of drug-likeness (QED) is 0.530. The molecule has 0 aliphatic rings. The summed E-state index contributed by atoms with van der Waals surface area (Å²) in [4.78, 5) is 24.3. The summed E-state index contributed by atoms with van der Waals surface area (Å²) in [5, 5.41) is 8.98. The van der Waals surface area contributed by atoms with Gasteiger partial charge in [-0.3, -0.25) is 9.52 Å². The van der Waals surface area contributed by atoms with Gasteiger partial charge in [0.25, 0.3) is 0 Å². The van der Waals surface area contributed by atoms with Crippen LogP contribution in [0.5, 0.6) is 5.75 Å². The van der Waals surface area contributed by atoms with Gasteiger partial charge < -0.3 is 9.47 Å². The van der Waals surface area contributed by atoms with Crippen molar-refractivity contribution in [2.75, 3.05) is 17.6 Å². The average molecular weight is 402 g/mol.